The van der Waals surface area contributed by atoms with E-state index >= 15 is 0 Å². The minimum atomic E-state index is -1.05. The van der Waals surface area contributed by atoms with E-state index < -0.39 is 11.9 Å². The number of aromatic carboxylic acids is 1. The minimum Gasteiger partial charge on any atom is -0.481 e. The van der Waals surface area contributed by atoms with E-state index in [0.717, 1.165) is 0 Å². The smallest absolute Gasteiger partial charge is 0.343 e. The highest BCUT2D eigenvalue weighted by Gasteiger charge is 2.35. The largest absolute Gasteiger partial charge is 0.481 e. The van der Waals surface area contributed by atoms with E-state index in [0.29, 0.717) is 27.1 Å². The van der Waals surface area contributed by atoms with Gasteiger partial charge in [-0.2, -0.15) is 0 Å². The molecule has 0 spiro atoms. The number of aliphatic imine (C=N–C) groups is 1. The molecule has 8 nitrogen and oxygen atoms in total. The van der Waals surface area contributed by atoms with Crippen LogP contribution in [0.2, 0.25) is 0 Å². The van der Waals surface area contributed by atoms with Crippen LogP contribution in [0.1, 0.15) is 29.8 Å². The third-order valence-corrected chi connectivity index (χ3v) is 5.43. The molecule has 1 saturated heterocycles. The van der Waals surface area contributed by atoms with E-state index in [-0.39, 0.29) is 24.1 Å². The Kier molecular flexibility index (Phi) is 7.32. The molecule has 0 unspecified atom stereocenters. The number of amides is 1. The van der Waals surface area contributed by atoms with E-state index in [1.165, 1.54) is 31.0 Å². The predicted octanol–water partition coefficient (Wildman–Crippen LogP) is 3.95. The number of carboxylic acids is 1. The van der Waals surface area contributed by atoms with Crippen LogP contribution in [-0.2, 0) is 14.3 Å². The van der Waals surface area contributed by atoms with Crippen molar-refractivity contribution in [3.63, 3.8) is 0 Å². The summed E-state index contributed by atoms with van der Waals surface area (Å²) < 4.78 is 10.1. The number of hydrogen-bond acceptors (Lipinski definition) is 7. The zero-order chi connectivity index (χ0) is 23.3. The number of carbonyl (C=O) groups excluding carboxylic acids is 2. The topological polar surface area (TPSA) is 106 Å². The number of para-hydroxylation sites is 1. The van der Waals surface area contributed by atoms with Crippen molar-refractivity contribution in [1.29, 1.82) is 0 Å². The van der Waals surface area contributed by atoms with Crippen molar-refractivity contribution in [2.75, 3.05) is 13.7 Å². The third-order valence-electron chi connectivity index (χ3n) is 4.45. The van der Waals surface area contributed by atoms with Gasteiger partial charge in [-0.3, -0.25) is 9.69 Å². The molecule has 0 aromatic heterocycles. The van der Waals surface area contributed by atoms with E-state index in [1.807, 2.05) is 13.8 Å². The van der Waals surface area contributed by atoms with Gasteiger partial charge in [0.05, 0.1) is 23.3 Å². The maximum absolute atomic E-state index is 13.1. The highest BCUT2D eigenvalue weighted by molar-refractivity contribution is 8.18. The molecule has 1 amide bonds. The maximum atomic E-state index is 13.1. The summed E-state index contributed by atoms with van der Waals surface area (Å²) in [7, 11) is 1.28. The van der Waals surface area contributed by atoms with Crippen molar-refractivity contribution < 1.29 is 29.0 Å². The monoisotopic (exact) mass is 454 g/mol. The molecule has 2 aromatic carbocycles. The van der Waals surface area contributed by atoms with Gasteiger partial charge in [-0.05, 0) is 56.0 Å². The van der Waals surface area contributed by atoms with Gasteiger partial charge in [0.1, 0.15) is 5.75 Å². The molecule has 0 radical (unpaired) electrons. The van der Waals surface area contributed by atoms with Gasteiger partial charge >= 0.3 is 11.9 Å². The van der Waals surface area contributed by atoms with Crippen molar-refractivity contribution in [3.05, 3.63) is 64.6 Å². The molecule has 1 N–H and O–H groups in total. The van der Waals surface area contributed by atoms with E-state index in [2.05, 4.69) is 9.73 Å². The fourth-order valence-corrected chi connectivity index (χ4v) is 4.02. The number of esters is 1. The second-order valence-corrected chi connectivity index (χ2v) is 8.04. The molecule has 1 aliphatic rings. The predicted molar refractivity (Wildman–Crippen MR) is 122 cm³/mol. The molecule has 0 bridgehead atoms. The second kappa shape index (κ2) is 10.1. The first-order valence-electron chi connectivity index (χ1n) is 9.74. The quantitative estimate of drug-likeness (QED) is 0.499. The van der Waals surface area contributed by atoms with Gasteiger partial charge in [-0.25, -0.2) is 14.6 Å². The number of carbonyl (C=O) groups is 3. The standard InChI is InChI=1S/C23H22N2O6S/c1-14(2)25-21(27)19(12-15-7-4-5-10-18(15)31-13-20(26)30-3)32-23(25)24-17-9-6-8-16(11-17)22(28)29/h4-12,14H,13H2,1-3H3,(H,28,29)/b19-12-,24-23?. The molecule has 1 heterocycles. The lowest BCUT2D eigenvalue weighted by atomic mass is 10.2. The molecule has 9 heteroatoms. The number of rotatable bonds is 7. The summed E-state index contributed by atoms with van der Waals surface area (Å²) in [6.07, 6.45) is 1.69. The van der Waals surface area contributed by atoms with Crippen LogP contribution < -0.4 is 4.74 Å². The van der Waals surface area contributed by atoms with Crippen molar-refractivity contribution in [1.82, 2.24) is 4.90 Å². The number of methoxy groups -OCH3 is 1. The van der Waals surface area contributed by atoms with Crippen LogP contribution in [-0.4, -0.2) is 52.8 Å². The van der Waals surface area contributed by atoms with Gasteiger partial charge in [-0.15, -0.1) is 0 Å². The summed E-state index contributed by atoms with van der Waals surface area (Å²) in [5.74, 6) is -1.34. The van der Waals surface area contributed by atoms with Gasteiger partial charge < -0.3 is 14.6 Å². The number of amidine groups is 1. The average Bonchev–Trinajstić information content (AvgIpc) is 3.07. The molecule has 0 saturated carbocycles. The Bertz CT molecular complexity index is 1110. The molecule has 32 heavy (non-hydrogen) atoms. The first kappa shape index (κ1) is 23.1. The Morgan fingerprint density at radius 3 is 2.62 bits per heavy atom. The van der Waals surface area contributed by atoms with Gasteiger partial charge in [-0.1, -0.05) is 24.3 Å². The summed E-state index contributed by atoms with van der Waals surface area (Å²) >= 11 is 1.19. The Balaban J connectivity index is 1.94. The molecule has 166 valence electrons. The number of benzene rings is 2. The van der Waals surface area contributed by atoms with Crippen LogP contribution in [0.5, 0.6) is 5.75 Å². The summed E-state index contributed by atoms with van der Waals surface area (Å²) in [5, 5.41) is 9.66. The van der Waals surface area contributed by atoms with Crippen LogP contribution >= 0.6 is 11.8 Å². The van der Waals surface area contributed by atoms with E-state index in [4.69, 9.17) is 4.74 Å². The zero-order valence-corrected chi connectivity index (χ0v) is 18.6. The Hall–Kier alpha value is -3.59. The fraction of sp³-hybridized carbons (Fsp3) is 0.217. The summed E-state index contributed by atoms with van der Waals surface area (Å²) in [4.78, 5) is 42.3. The Labute approximate surface area is 189 Å². The highest BCUT2D eigenvalue weighted by atomic mass is 32.2. The van der Waals surface area contributed by atoms with Crippen LogP contribution in [0.25, 0.3) is 6.08 Å². The lowest BCUT2D eigenvalue weighted by molar-refractivity contribution is -0.142. The van der Waals surface area contributed by atoms with Crippen molar-refractivity contribution in [2.45, 2.75) is 19.9 Å². The van der Waals surface area contributed by atoms with Crippen LogP contribution in [0.15, 0.2) is 58.4 Å². The normalized spacial score (nSPS) is 16.1. The molecule has 1 aliphatic heterocycles. The summed E-state index contributed by atoms with van der Waals surface area (Å²) in [5.41, 5.74) is 1.18. The highest BCUT2D eigenvalue weighted by Crippen LogP contribution is 2.36. The summed E-state index contributed by atoms with van der Waals surface area (Å²) in [6.45, 7) is 3.50. The average molecular weight is 455 g/mol. The Morgan fingerprint density at radius 2 is 1.94 bits per heavy atom. The number of thioether (sulfide) groups is 1. The van der Waals surface area contributed by atoms with Gasteiger partial charge in [0, 0.05) is 11.6 Å². The molecule has 3 rings (SSSR count). The van der Waals surface area contributed by atoms with Gasteiger partial charge in [0.25, 0.3) is 5.91 Å². The molecular formula is C23H22N2O6S. The Morgan fingerprint density at radius 1 is 1.19 bits per heavy atom. The minimum absolute atomic E-state index is 0.115. The summed E-state index contributed by atoms with van der Waals surface area (Å²) in [6, 6.07) is 13.1. The van der Waals surface area contributed by atoms with Gasteiger partial charge in [0.2, 0.25) is 0 Å². The van der Waals surface area contributed by atoms with E-state index in [9.17, 15) is 19.5 Å². The molecular weight excluding hydrogens is 432 g/mol. The fourth-order valence-electron chi connectivity index (χ4n) is 2.91. The van der Waals surface area contributed by atoms with E-state index in [1.54, 1.807) is 47.4 Å². The van der Waals surface area contributed by atoms with Gasteiger partial charge in [0.15, 0.2) is 11.8 Å². The van der Waals surface area contributed by atoms with Crippen molar-refractivity contribution in [2.24, 2.45) is 4.99 Å². The van der Waals surface area contributed by atoms with Crippen molar-refractivity contribution >= 4 is 46.5 Å². The molecule has 2 aromatic rings. The second-order valence-electron chi connectivity index (χ2n) is 7.03. The van der Waals surface area contributed by atoms with Crippen LogP contribution in [0, 0.1) is 0 Å². The number of hydrogen-bond donors (Lipinski definition) is 1. The number of carboxylic acid groups (broad SMARTS) is 1. The van der Waals surface area contributed by atoms with Crippen LogP contribution in [0.3, 0.4) is 0 Å². The number of nitrogens with zero attached hydrogens (tertiary/aromatic N) is 2. The third kappa shape index (κ3) is 5.36. The first-order valence-corrected chi connectivity index (χ1v) is 10.6. The number of ether oxygens (including phenoxy) is 2. The molecule has 0 atom stereocenters. The maximum Gasteiger partial charge on any atom is 0.343 e. The molecule has 0 aliphatic carbocycles. The zero-order valence-electron chi connectivity index (χ0n) is 17.8. The SMILES string of the molecule is COC(=O)COc1ccccc1/C=C1\SC(=Nc2cccc(C(=O)O)c2)N(C(C)C)C1=O. The first-order chi connectivity index (χ1) is 15.3. The van der Waals surface area contributed by atoms with Crippen molar-refractivity contribution in [3.8, 4) is 5.75 Å². The lowest BCUT2D eigenvalue weighted by Gasteiger charge is -2.19. The lowest BCUT2D eigenvalue weighted by Crippen LogP contribution is -2.35. The van der Waals surface area contributed by atoms with Crippen LogP contribution in [0.4, 0.5) is 5.69 Å². The molecule has 1 fully saturated rings.